The number of aromatic nitrogens is 5. The highest BCUT2D eigenvalue weighted by Crippen LogP contribution is 2.26. The van der Waals surface area contributed by atoms with Gasteiger partial charge in [0.1, 0.15) is 12.2 Å². The summed E-state index contributed by atoms with van der Waals surface area (Å²) in [6.07, 6.45) is 3.78. The molecule has 27 heavy (non-hydrogen) atoms. The Labute approximate surface area is 158 Å². The lowest BCUT2D eigenvalue weighted by Gasteiger charge is -2.31. The molecule has 0 spiro atoms. The monoisotopic (exact) mass is 364 g/mol. The maximum Gasteiger partial charge on any atom is 0.227 e. The Balaban J connectivity index is 1.44. The topological polar surface area (TPSA) is 79.7 Å². The number of amides is 1. The van der Waals surface area contributed by atoms with Crippen LogP contribution >= 0.6 is 0 Å². The molecule has 1 saturated heterocycles. The molecular formula is C20H24N6O. The van der Waals surface area contributed by atoms with E-state index in [1.54, 1.807) is 6.33 Å². The van der Waals surface area contributed by atoms with Crippen molar-refractivity contribution in [3.63, 3.8) is 0 Å². The highest BCUT2D eigenvalue weighted by molar-refractivity contribution is 5.79. The molecule has 0 bridgehead atoms. The van der Waals surface area contributed by atoms with Crippen LogP contribution in [0.15, 0.2) is 36.7 Å². The van der Waals surface area contributed by atoms with Crippen LogP contribution in [0.25, 0.3) is 5.69 Å². The first-order chi connectivity index (χ1) is 13.1. The minimum atomic E-state index is 0.171. The van der Waals surface area contributed by atoms with Gasteiger partial charge in [0.25, 0.3) is 0 Å². The molecule has 7 heteroatoms. The first-order valence-electron chi connectivity index (χ1n) is 9.37. The fourth-order valence-corrected chi connectivity index (χ4v) is 3.83. The van der Waals surface area contributed by atoms with Gasteiger partial charge in [0.15, 0.2) is 0 Å². The van der Waals surface area contributed by atoms with E-state index in [4.69, 9.17) is 0 Å². The molecule has 0 unspecified atom stereocenters. The van der Waals surface area contributed by atoms with Gasteiger partial charge in [-0.25, -0.2) is 9.67 Å². The molecule has 3 heterocycles. The number of hydrogen-bond donors (Lipinski definition) is 1. The summed E-state index contributed by atoms with van der Waals surface area (Å²) in [5, 5.41) is 11.5. The van der Waals surface area contributed by atoms with E-state index in [2.05, 4.69) is 20.3 Å². The van der Waals surface area contributed by atoms with E-state index >= 15 is 0 Å². The Bertz CT molecular complexity index is 908. The summed E-state index contributed by atoms with van der Waals surface area (Å²) in [6, 6.07) is 10.0. The molecule has 0 radical (unpaired) electrons. The summed E-state index contributed by atoms with van der Waals surface area (Å²) in [7, 11) is 0. The van der Waals surface area contributed by atoms with Gasteiger partial charge in [0.2, 0.25) is 5.91 Å². The van der Waals surface area contributed by atoms with Gasteiger partial charge in [0.05, 0.1) is 17.8 Å². The second kappa shape index (κ2) is 7.34. The molecule has 1 fully saturated rings. The molecule has 3 aromatic rings. The lowest BCUT2D eigenvalue weighted by Crippen LogP contribution is -2.39. The number of nitrogens with zero attached hydrogens (tertiary/aromatic N) is 5. The number of benzene rings is 1. The van der Waals surface area contributed by atoms with E-state index in [9.17, 15) is 4.79 Å². The third kappa shape index (κ3) is 3.49. The van der Waals surface area contributed by atoms with Gasteiger partial charge >= 0.3 is 0 Å². The first-order valence-corrected chi connectivity index (χ1v) is 9.37. The highest BCUT2D eigenvalue weighted by atomic mass is 16.2. The zero-order valence-electron chi connectivity index (χ0n) is 15.7. The van der Waals surface area contributed by atoms with Crippen LogP contribution in [-0.4, -0.2) is 48.9 Å². The molecular weight excluding hydrogens is 340 g/mol. The van der Waals surface area contributed by atoms with E-state index in [1.807, 2.05) is 53.8 Å². The van der Waals surface area contributed by atoms with Crippen LogP contribution in [-0.2, 0) is 11.2 Å². The first kappa shape index (κ1) is 17.5. The van der Waals surface area contributed by atoms with Crippen molar-refractivity contribution in [3.8, 4) is 5.69 Å². The second-order valence-electron chi connectivity index (χ2n) is 7.10. The molecule has 0 saturated carbocycles. The summed E-state index contributed by atoms with van der Waals surface area (Å²) in [4.78, 5) is 19.1. The van der Waals surface area contributed by atoms with Crippen molar-refractivity contribution in [2.75, 3.05) is 13.1 Å². The summed E-state index contributed by atoms with van der Waals surface area (Å²) >= 11 is 0. The quantitative estimate of drug-likeness (QED) is 0.772. The van der Waals surface area contributed by atoms with E-state index in [0.29, 0.717) is 12.3 Å². The summed E-state index contributed by atoms with van der Waals surface area (Å²) < 4.78 is 1.92. The second-order valence-corrected chi connectivity index (χ2v) is 7.10. The summed E-state index contributed by atoms with van der Waals surface area (Å²) in [6.45, 7) is 5.53. The van der Waals surface area contributed by atoms with Crippen LogP contribution in [0.2, 0.25) is 0 Å². The SMILES string of the molecule is Cc1nn(-c2ccccc2)c(C)c1CC(=O)N1CCC(c2ncn[nH]2)CC1. The molecule has 2 aromatic heterocycles. The maximum absolute atomic E-state index is 12.9. The smallest absolute Gasteiger partial charge is 0.227 e. The third-order valence-electron chi connectivity index (χ3n) is 5.44. The van der Waals surface area contributed by atoms with Crippen LogP contribution in [0.3, 0.4) is 0 Å². The largest absolute Gasteiger partial charge is 0.342 e. The fourth-order valence-electron chi connectivity index (χ4n) is 3.83. The molecule has 4 rings (SSSR count). The predicted octanol–water partition coefficient (Wildman–Crippen LogP) is 2.56. The van der Waals surface area contributed by atoms with Crippen LogP contribution < -0.4 is 0 Å². The van der Waals surface area contributed by atoms with Gasteiger partial charge in [0, 0.05) is 30.3 Å². The van der Waals surface area contributed by atoms with Crippen LogP contribution in [0.1, 0.15) is 41.5 Å². The highest BCUT2D eigenvalue weighted by Gasteiger charge is 2.26. The average molecular weight is 364 g/mol. The molecule has 140 valence electrons. The normalized spacial score (nSPS) is 15.3. The minimum absolute atomic E-state index is 0.171. The Hall–Kier alpha value is -2.96. The number of piperidine rings is 1. The third-order valence-corrected chi connectivity index (χ3v) is 5.44. The number of nitrogens with one attached hydrogen (secondary N) is 1. The Morgan fingerprint density at radius 3 is 2.59 bits per heavy atom. The van der Waals surface area contributed by atoms with E-state index in [1.165, 1.54) is 0 Å². The van der Waals surface area contributed by atoms with E-state index < -0.39 is 0 Å². The van der Waals surface area contributed by atoms with Gasteiger partial charge in [-0.15, -0.1) is 0 Å². The number of likely N-dealkylation sites (tertiary alicyclic amines) is 1. The van der Waals surface area contributed by atoms with E-state index in [-0.39, 0.29) is 5.91 Å². The van der Waals surface area contributed by atoms with Crippen molar-refractivity contribution >= 4 is 5.91 Å². The van der Waals surface area contributed by atoms with Gasteiger partial charge in [-0.1, -0.05) is 18.2 Å². The summed E-state index contributed by atoms with van der Waals surface area (Å²) in [5.41, 5.74) is 4.00. The standard InChI is InChI=1S/C20H24N6O/c1-14-18(15(2)26(24-14)17-6-4-3-5-7-17)12-19(27)25-10-8-16(9-11-25)20-21-13-22-23-20/h3-7,13,16H,8-12H2,1-2H3,(H,21,22,23). The molecule has 7 nitrogen and oxygen atoms in total. The average Bonchev–Trinajstić information content (AvgIpc) is 3.33. The van der Waals surface area contributed by atoms with Crippen LogP contribution in [0.4, 0.5) is 0 Å². The van der Waals surface area contributed by atoms with Crippen LogP contribution in [0, 0.1) is 13.8 Å². The Morgan fingerprint density at radius 1 is 1.19 bits per heavy atom. The van der Waals surface area contributed by atoms with Crippen molar-refractivity contribution in [3.05, 3.63) is 59.4 Å². The van der Waals surface area contributed by atoms with Crippen molar-refractivity contribution in [2.24, 2.45) is 0 Å². The zero-order chi connectivity index (χ0) is 18.8. The van der Waals surface area contributed by atoms with Gasteiger partial charge in [-0.3, -0.25) is 9.89 Å². The number of carbonyl (C=O) groups is 1. The number of H-pyrrole nitrogens is 1. The number of rotatable bonds is 4. The van der Waals surface area contributed by atoms with Gasteiger partial charge < -0.3 is 4.90 Å². The number of hydrogen-bond acceptors (Lipinski definition) is 4. The van der Waals surface area contributed by atoms with E-state index in [0.717, 1.165) is 54.4 Å². The molecule has 0 atom stereocenters. The van der Waals surface area contributed by atoms with Gasteiger partial charge in [-0.05, 0) is 38.8 Å². The number of aryl methyl sites for hydroxylation is 1. The van der Waals surface area contributed by atoms with Crippen molar-refractivity contribution in [1.29, 1.82) is 0 Å². The fraction of sp³-hybridized carbons (Fsp3) is 0.400. The lowest BCUT2D eigenvalue weighted by atomic mass is 9.95. The maximum atomic E-state index is 12.9. The molecule has 1 N–H and O–H groups in total. The van der Waals surface area contributed by atoms with Gasteiger partial charge in [-0.2, -0.15) is 10.2 Å². The Morgan fingerprint density at radius 2 is 1.93 bits per heavy atom. The number of carbonyl (C=O) groups excluding carboxylic acids is 1. The predicted molar refractivity (Wildman–Crippen MR) is 102 cm³/mol. The van der Waals surface area contributed by atoms with Crippen molar-refractivity contribution in [1.82, 2.24) is 29.9 Å². The van der Waals surface area contributed by atoms with Crippen LogP contribution in [0.5, 0.6) is 0 Å². The molecule has 1 amide bonds. The number of para-hydroxylation sites is 1. The molecule has 1 aliphatic rings. The number of aromatic amines is 1. The lowest BCUT2D eigenvalue weighted by molar-refractivity contribution is -0.131. The summed E-state index contributed by atoms with van der Waals surface area (Å²) in [5.74, 6) is 1.46. The molecule has 1 aliphatic heterocycles. The van der Waals surface area contributed by atoms with Crippen molar-refractivity contribution in [2.45, 2.75) is 39.0 Å². The van der Waals surface area contributed by atoms with Crippen molar-refractivity contribution < 1.29 is 4.79 Å². The zero-order valence-corrected chi connectivity index (χ0v) is 15.7. The molecule has 0 aliphatic carbocycles. The molecule has 1 aromatic carbocycles. The minimum Gasteiger partial charge on any atom is -0.342 e. The Kier molecular flexibility index (Phi) is 4.75.